The third-order valence-corrected chi connectivity index (χ3v) is 3.19. The van der Waals surface area contributed by atoms with Crippen LogP contribution in [0.4, 0.5) is 5.88 Å². The molecule has 0 aliphatic heterocycles. The summed E-state index contributed by atoms with van der Waals surface area (Å²) in [4.78, 5) is 2.36. The second kappa shape index (κ2) is 5.69. The second-order valence-electron chi connectivity index (χ2n) is 4.22. The Kier molecular flexibility index (Phi) is 3.99. The van der Waals surface area contributed by atoms with Crippen molar-refractivity contribution in [2.24, 2.45) is 0 Å². The molecule has 0 unspecified atom stereocenters. The first-order valence-electron chi connectivity index (χ1n) is 6.27. The molecule has 1 aromatic carbocycles. The predicted molar refractivity (Wildman–Crippen MR) is 73.0 cm³/mol. The molecule has 0 fully saturated rings. The molecule has 2 aromatic rings. The summed E-state index contributed by atoms with van der Waals surface area (Å²) >= 11 is 0. The molecule has 0 radical (unpaired) electrons. The predicted octanol–water partition coefficient (Wildman–Crippen LogP) is 2.77. The fourth-order valence-corrected chi connectivity index (χ4v) is 2.06. The van der Waals surface area contributed by atoms with E-state index in [1.54, 1.807) is 6.20 Å². The van der Waals surface area contributed by atoms with Crippen LogP contribution in [0.3, 0.4) is 0 Å². The van der Waals surface area contributed by atoms with Crippen LogP contribution in [0.15, 0.2) is 35.0 Å². The quantitative estimate of drug-likeness (QED) is 0.880. The van der Waals surface area contributed by atoms with Crippen LogP contribution in [0.1, 0.15) is 19.4 Å². The SMILES string of the molecule is CCN(CC)Cc1ccccc1-c1cnoc1N. The minimum absolute atomic E-state index is 0.377. The Morgan fingerprint density at radius 1 is 1.17 bits per heavy atom. The van der Waals surface area contributed by atoms with Gasteiger partial charge in [-0.05, 0) is 24.2 Å². The Bertz CT molecular complexity index is 503. The van der Waals surface area contributed by atoms with Gasteiger partial charge in [0.05, 0.1) is 11.8 Å². The molecule has 0 amide bonds. The number of nitrogens with two attached hydrogens (primary N) is 1. The minimum Gasteiger partial charge on any atom is -0.367 e. The molecule has 2 rings (SSSR count). The maximum Gasteiger partial charge on any atom is 0.229 e. The lowest BCUT2D eigenvalue weighted by molar-refractivity contribution is 0.296. The van der Waals surface area contributed by atoms with Gasteiger partial charge >= 0.3 is 0 Å². The summed E-state index contributed by atoms with van der Waals surface area (Å²) in [5, 5.41) is 3.75. The van der Waals surface area contributed by atoms with E-state index in [1.165, 1.54) is 5.56 Å². The van der Waals surface area contributed by atoms with Gasteiger partial charge < -0.3 is 10.3 Å². The van der Waals surface area contributed by atoms with Gasteiger partial charge in [0.2, 0.25) is 5.88 Å². The summed E-state index contributed by atoms with van der Waals surface area (Å²) in [6, 6.07) is 8.24. The molecular formula is C14H19N3O. The molecular weight excluding hydrogens is 226 g/mol. The lowest BCUT2D eigenvalue weighted by atomic mass is 10.0. The van der Waals surface area contributed by atoms with Gasteiger partial charge in [-0.1, -0.05) is 43.3 Å². The van der Waals surface area contributed by atoms with Crippen LogP contribution in [0.5, 0.6) is 0 Å². The van der Waals surface area contributed by atoms with Gasteiger partial charge in [-0.25, -0.2) is 0 Å². The van der Waals surface area contributed by atoms with E-state index in [1.807, 2.05) is 12.1 Å². The van der Waals surface area contributed by atoms with Crippen molar-refractivity contribution in [3.05, 3.63) is 36.0 Å². The number of hydrogen-bond acceptors (Lipinski definition) is 4. The normalized spacial score (nSPS) is 11.1. The number of aromatic nitrogens is 1. The van der Waals surface area contributed by atoms with Crippen molar-refractivity contribution in [2.75, 3.05) is 18.8 Å². The molecule has 96 valence electrons. The molecule has 0 saturated heterocycles. The lowest BCUT2D eigenvalue weighted by Crippen LogP contribution is -2.22. The monoisotopic (exact) mass is 245 g/mol. The Balaban J connectivity index is 2.34. The van der Waals surface area contributed by atoms with E-state index in [9.17, 15) is 0 Å². The van der Waals surface area contributed by atoms with Crippen LogP contribution in [-0.4, -0.2) is 23.1 Å². The largest absolute Gasteiger partial charge is 0.367 e. The van der Waals surface area contributed by atoms with Crippen LogP contribution in [-0.2, 0) is 6.54 Å². The van der Waals surface area contributed by atoms with E-state index in [0.717, 1.165) is 30.8 Å². The number of hydrogen-bond donors (Lipinski definition) is 1. The standard InChI is InChI=1S/C14H19N3O/c1-3-17(4-2)10-11-7-5-6-8-12(11)13-9-16-18-14(13)15/h5-9H,3-4,10,15H2,1-2H3. The lowest BCUT2D eigenvalue weighted by Gasteiger charge is -2.19. The molecule has 1 heterocycles. The summed E-state index contributed by atoms with van der Waals surface area (Å²) in [7, 11) is 0. The van der Waals surface area contributed by atoms with Crippen LogP contribution < -0.4 is 5.73 Å². The van der Waals surface area contributed by atoms with E-state index in [-0.39, 0.29) is 0 Å². The number of nitrogen functional groups attached to an aromatic ring is 1. The minimum atomic E-state index is 0.377. The molecule has 4 nitrogen and oxygen atoms in total. The van der Waals surface area contributed by atoms with E-state index in [4.69, 9.17) is 10.3 Å². The molecule has 4 heteroatoms. The molecule has 0 spiro atoms. The summed E-state index contributed by atoms with van der Waals surface area (Å²) in [5.74, 6) is 0.377. The Labute approximate surface area is 107 Å². The van der Waals surface area contributed by atoms with Crippen LogP contribution in [0.25, 0.3) is 11.1 Å². The topological polar surface area (TPSA) is 55.3 Å². The number of benzene rings is 1. The second-order valence-corrected chi connectivity index (χ2v) is 4.22. The zero-order chi connectivity index (χ0) is 13.0. The number of rotatable bonds is 5. The first-order valence-corrected chi connectivity index (χ1v) is 6.27. The smallest absolute Gasteiger partial charge is 0.229 e. The van der Waals surface area contributed by atoms with Crippen molar-refractivity contribution in [3.63, 3.8) is 0 Å². The maximum absolute atomic E-state index is 5.79. The van der Waals surface area contributed by atoms with E-state index < -0.39 is 0 Å². The van der Waals surface area contributed by atoms with Gasteiger partial charge in [0.1, 0.15) is 0 Å². The average molecular weight is 245 g/mol. The van der Waals surface area contributed by atoms with Gasteiger partial charge in [0, 0.05) is 6.54 Å². The highest BCUT2D eigenvalue weighted by molar-refractivity contribution is 5.74. The Hall–Kier alpha value is -1.81. The molecule has 0 bridgehead atoms. The van der Waals surface area contributed by atoms with Gasteiger partial charge in [-0.15, -0.1) is 0 Å². The van der Waals surface area contributed by atoms with E-state index >= 15 is 0 Å². The van der Waals surface area contributed by atoms with Gasteiger partial charge in [-0.3, -0.25) is 4.90 Å². The van der Waals surface area contributed by atoms with Gasteiger partial charge in [0.15, 0.2) is 0 Å². The molecule has 0 saturated carbocycles. The van der Waals surface area contributed by atoms with Gasteiger partial charge in [-0.2, -0.15) is 0 Å². The summed E-state index contributed by atoms with van der Waals surface area (Å²) < 4.78 is 4.95. The molecule has 0 atom stereocenters. The number of anilines is 1. The van der Waals surface area contributed by atoms with Crippen molar-refractivity contribution in [3.8, 4) is 11.1 Å². The zero-order valence-electron chi connectivity index (χ0n) is 10.9. The fraction of sp³-hybridized carbons (Fsp3) is 0.357. The van der Waals surface area contributed by atoms with Crippen molar-refractivity contribution in [2.45, 2.75) is 20.4 Å². The molecule has 18 heavy (non-hydrogen) atoms. The van der Waals surface area contributed by atoms with Gasteiger partial charge in [0.25, 0.3) is 0 Å². The van der Waals surface area contributed by atoms with Crippen LogP contribution in [0, 0.1) is 0 Å². The number of nitrogens with zero attached hydrogens (tertiary/aromatic N) is 2. The summed E-state index contributed by atoms with van der Waals surface area (Å²) in [6.07, 6.45) is 1.68. The zero-order valence-corrected chi connectivity index (χ0v) is 10.9. The molecule has 1 aromatic heterocycles. The van der Waals surface area contributed by atoms with Crippen LogP contribution in [0.2, 0.25) is 0 Å². The van der Waals surface area contributed by atoms with Crippen molar-refractivity contribution < 1.29 is 4.52 Å². The summed E-state index contributed by atoms with van der Waals surface area (Å²) in [5.41, 5.74) is 9.01. The molecule has 0 aliphatic carbocycles. The summed E-state index contributed by atoms with van der Waals surface area (Å²) in [6.45, 7) is 7.31. The highest BCUT2D eigenvalue weighted by Crippen LogP contribution is 2.29. The third-order valence-electron chi connectivity index (χ3n) is 3.19. The molecule has 2 N–H and O–H groups in total. The Morgan fingerprint density at radius 2 is 1.89 bits per heavy atom. The van der Waals surface area contributed by atoms with Crippen molar-refractivity contribution >= 4 is 5.88 Å². The van der Waals surface area contributed by atoms with E-state index in [2.05, 4.69) is 36.0 Å². The fourth-order valence-electron chi connectivity index (χ4n) is 2.06. The third kappa shape index (κ3) is 2.54. The van der Waals surface area contributed by atoms with Crippen molar-refractivity contribution in [1.29, 1.82) is 0 Å². The van der Waals surface area contributed by atoms with Crippen molar-refractivity contribution in [1.82, 2.24) is 10.1 Å². The molecule has 0 aliphatic rings. The highest BCUT2D eigenvalue weighted by Gasteiger charge is 2.12. The maximum atomic E-state index is 5.79. The first-order chi connectivity index (χ1) is 8.76. The van der Waals surface area contributed by atoms with Crippen LogP contribution >= 0.6 is 0 Å². The first kappa shape index (κ1) is 12.6. The van der Waals surface area contributed by atoms with E-state index in [0.29, 0.717) is 5.88 Å². The average Bonchev–Trinajstić information content (AvgIpc) is 2.82. The highest BCUT2D eigenvalue weighted by atomic mass is 16.5. The Morgan fingerprint density at radius 3 is 2.50 bits per heavy atom.